The van der Waals surface area contributed by atoms with Gasteiger partial charge in [0.15, 0.2) is 0 Å². The Bertz CT molecular complexity index is 1170. The first-order valence-corrected chi connectivity index (χ1v) is 11.1. The number of nitrogens with one attached hydrogen (secondary N) is 1. The van der Waals surface area contributed by atoms with E-state index in [2.05, 4.69) is 33.5 Å². The normalized spacial score (nSPS) is 12.1. The number of thiophene rings is 1. The van der Waals surface area contributed by atoms with E-state index in [0.717, 1.165) is 42.5 Å². The topological polar surface area (TPSA) is 54.9 Å². The predicted molar refractivity (Wildman–Crippen MR) is 123 cm³/mol. The average molecular weight is 420 g/mol. The minimum absolute atomic E-state index is 0.0334. The van der Waals surface area contributed by atoms with Gasteiger partial charge >= 0.3 is 0 Å². The van der Waals surface area contributed by atoms with Crippen LogP contribution in [0.2, 0.25) is 0 Å². The number of rotatable bonds is 5. The van der Waals surface area contributed by atoms with E-state index in [1.807, 2.05) is 57.2 Å². The van der Waals surface area contributed by atoms with Crippen LogP contribution in [0.25, 0.3) is 20.7 Å². The van der Waals surface area contributed by atoms with Gasteiger partial charge in [-0.25, -0.2) is 9.97 Å². The van der Waals surface area contributed by atoms with Crippen LogP contribution in [0.1, 0.15) is 18.1 Å². The molecule has 1 atom stereocenters. The maximum absolute atomic E-state index is 12.8. The van der Waals surface area contributed by atoms with Crippen molar-refractivity contribution in [2.75, 3.05) is 5.32 Å². The zero-order chi connectivity index (χ0) is 20.4. The summed E-state index contributed by atoms with van der Waals surface area (Å²) in [4.78, 5) is 23.7. The van der Waals surface area contributed by atoms with Crippen molar-refractivity contribution in [3.8, 4) is 10.4 Å². The van der Waals surface area contributed by atoms with Gasteiger partial charge in [0.2, 0.25) is 5.91 Å². The van der Waals surface area contributed by atoms with Gasteiger partial charge in [0.25, 0.3) is 0 Å². The van der Waals surface area contributed by atoms with Crippen molar-refractivity contribution in [2.24, 2.45) is 0 Å². The van der Waals surface area contributed by atoms with Gasteiger partial charge < -0.3 is 5.32 Å². The summed E-state index contributed by atoms with van der Waals surface area (Å²) in [5.41, 5.74) is 4.27. The van der Waals surface area contributed by atoms with E-state index >= 15 is 0 Å². The van der Waals surface area contributed by atoms with E-state index in [9.17, 15) is 4.79 Å². The highest BCUT2D eigenvalue weighted by Crippen LogP contribution is 2.37. The number of carbonyl (C=O) groups excluding carboxylic acids is 1. The maximum Gasteiger partial charge on any atom is 0.237 e. The number of aryl methyl sites for hydroxylation is 1. The Morgan fingerprint density at radius 1 is 1.07 bits per heavy atom. The van der Waals surface area contributed by atoms with E-state index in [-0.39, 0.29) is 11.2 Å². The van der Waals surface area contributed by atoms with Gasteiger partial charge in [0.1, 0.15) is 16.2 Å². The summed E-state index contributed by atoms with van der Waals surface area (Å²) in [5, 5.41) is 4.59. The lowest BCUT2D eigenvalue weighted by Crippen LogP contribution is -2.23. The third-order valence-electron chi connectivity index (χ3n) is 4.87. The molecule has 0 fully saturated rings. The molecular weight excluding hydrogens is 398 g/mol. The van der Waals surface area contributed by atoms with Crippen LogP contribution in [0.4, 0.5) is 5.69 Å². The Hall–Kier alpha value is -2.70. The molecule has 6 heteroatoms. The molecule has 0 saturated carbocycles. The van der Waals surface area contributed by atoms with Crippen molar-refractivity contribution in [2.45, 2.75) is 31.0 Å². The first kappa shape index (κ1) is 19.6. The number of aromatic nitrogens is 2. The maximum atomic E-state index is 12.8. The molecule has 2 aromatic heterocycles. The highest BCUT2D eigenvalue weighted by Gasteiger charge is 2.19. The predicted octanol–water partition coefficient (Wildman–Crippen LogP) is 6.09. The summed E-state index contributed by atoms with van der Waals surface area (Å²) in [6.45, 7) is 5.97. The van der Waals surface area contributed by atoms with Gasteiger partial charge in [-0.15, -0.1) is 11.3 Å². The van der Waals surface area contributed by atoms with Crippen LogP contribution in [0.15, 0.2) is 66.0 Å². The summed E-state index contributed by atoms with van der Waals surface area (Å²) in [5.74, 6) is -0.0334. The molecule has 146 valence electrons. The second-order valence-electron chi connectivity index (χ2n) is 6.87. The molecule has 4 aromatic rings. The number of benzene rings is 2. The molecule has 29 heavy (non-hydrogen) atoms. The Morgan fingerprint density at radius 2 is 1.86 bits per heavy atom. The summed E-state index contributed by atoms with van der Waals surface area (Å²) in [6, 6.07) is 18.3. The Kier molecular flexibility index (Phi) is 5.65. The van der Waals surface area contributed by atoms with Gasteiger partial charge in [-0.05, 0) is 49.6 Å². The fraction of sp³-hybridized carbons (Fsp3) is 0.174. The fourth-order valence-corrected chi connectivity index (χ4v) is 4.97. The monoisotopic (exact) mass is 419 g/mol. The lowest BCUT2D eigenvalue weighted by Gasteiger charge is -2.14. The van der Waals surface area contributed by atoms with Crippen molar-refractivity contribution >= 4 is 44.9 Å². The average Bonchev–Trinajstić information content (AvgIpc) is 3.17. The summed E-state index contributed by atoms with van der Waals surface area (Å²) in [7, 11) is 0. The van der Waals surface area contributed by atoms with Crippen molar-refractivity contribution in [1.29, 1.82) is 0 Å². The fourth-order valence-electron chi connectivity index (χ4n) is 3.01. The van der Waals surface area contributed by atoms with Crippen molar-refractivity contribution in [3.63, 3.8) is 0 Å². The molecule has 4 rings (SSSR count). The number of fused-ring (bicyclic) bond motifs is 1. The molecule has 2 aromatic carbocycles. The Labute approximate surface area is 178 Å². The minimum Gasteiger partial charge on any atom is -0.325 e. The van der Waals surface area contributed by atoms with Crippen molar-refractivity contribution in [3.05, 3.63) is 72.1 Å². The number of amides is 1. The molecule has 0 aliphatic carbocycles. The third kappa shape index (κ3) is 4.18. The lowest BCUT2D eigenvalue weighted by molar-refractivity contribution is -0.115. The molecule has 0 radical (unpaired) electrons. The number of hydrogen-bond acceptors (Lipinski definition) is 5. The van der Waals surface area contributed by atoms with Crippen molar-refractivity contribution < 1.29 is 4.79 Å². The van der Waals surface area contributed by atoms with E-state index in [1.54, 1.807) is 17.7 Å². The molecule has 1 amide bonds. The third-order valence-corrected chi connectivity index (χ3v) is 7.08. The second kappa shape index (κ2) is 8.35. The van der Waals surface area contributed by atoms with Crippen LogP contribution in [0.3, 0.4) is 0 Å². The standard InChI is InChI=1S/C23H21N3OS2/c1-14-8-7-11-19(15(14)2)26-21(27)16(3)28-22-18-12-20(17-9-5-4-6-10-17)29-23(18)25-13-24-22/h4-13,16H,1-3H3,(H,26,27)/t16-/m0/s1. The van der Waals surface area contributed by atoms with Crippen molar-refractivity contribution in [1.82, 2.24) is 9.97 Å². The van der Waals surface area contributed by atoms with Gasteiger partial charge in [0, 0.05) is 16.0 Å². The smallest absolute Gasteiger partial charge is 0.237 e. The number of nitrogens with zero attached hydrogens (tertiary/aromatic N) is 2. The van der Waals surface area contributed by atoms with Crippen LogP contribution in [-0.2, 0) is 4.79 Å². The SMILES string of the molecule is Cc1cccc(NC(=O)[C@H](C)Sc2ncnc3sc(-c4ccccc4)cc23)c1C. The van der Waals surface area contributed by atoms with Gasteiger partial charge in [-0.2, -0.15) is 0 Å². The van der Waals surface area contributed by atoms with Crippen LogP contribution >= 0.6 is 23.1 Å². The number of thioether (sulfide) groups is 1. The largest absolute Gasteiger partial charge is 0.325 e. The molecule has 0 unspecified atom stereocenters. The van der Waals surface area contributed by atoms with Crippen LogP contribution in [0.5, 0.6) is 0 Å². The molecule has 0 aliphatic heterocycles. The molecule has 0 spiro atoms. The molecule has 0 aliphatic rings. The summed E-state index contributed by atoms with van der Waals surface area (Å²) >= 11 is 3.10. The number of anilines is 1. The highest BCUT2D eigenvalue weighted by molar-refractivity contribution is 8.00. The molecular formula is C23H21N3OS2. The minimum atomic E-state index is -0.284. The number of hydrogen-bond donors (Lipinski definition) is 1. The lowest BCUT2D eigenvalue weighted by atomic mass is 10.1. The van der Waals surface area contributed by atoms with E-state index < -0.39 is 0 Å². The second-order valence-corrected chi connectivity index (χ2v) is 9.23. The quantitative estimate of drug-likeness (QED) is 0.314. The van der Waals surface area contributed by atoms with Crippen LogP contribution < -0.4 is 5.32 Å². The van der Waals surface area contributed by atoms with Crippen LogP contribution in [0, 0.1) is 13.8 Å². The first-order chi connectivity index (χ1) is 14.0. The molecule has 0 bridgehead atoms. The van der Waals surface area contributed by atoms with E-state index in [1.165, 1.54) is 11.8 Å². The molecule has 4 nitrogen and oxygen atoms in total. The van der Waals surface area contributed by atoms with E-state index in [4.69, 9.17) is 0 Å². The van der Waals surface area contributed by atoms with Gasteiger partial charge in [0.05, 0.1) is 5.25 Å². The first-order valence-electron chi connectivity index (χ1n) is 9.36. The Morgan fingerprint density at radius 3 is 2.66 bits per heavy atom. The van der Waals surface area contributed by atoms with Gasteiger partial charge in [-0.3, -0.25) is 4.79 Å². The van der Waals surface area contributed by atoms with Gasteiger partial charge in [-0.1, -0.05) is 54.2 Å². The molecule has 0 saturated heterocycles. The van der Waals surface area contributed by atoms with Crippen LogP contribution in [-0.4, -0.2) is 21.1 Å². The zero-order valence-corrected chi connectivity index (χ0v) is 18.1. The highest BCUT2D eigenvalue weighted by atomic mass is 32.2. The summed E-state index contributed by atoms with van der Waals surface area (Å²) < 4.78 is 0. The summed E-state index contributed by atoms with van der Waals surface area (Å²) in [6.07, 6.45) is 1.57. The molecule has 2 heterocycles. The number of carbonyl (C=O) groups is 1. The Balaban J connectivity index is 1.56. The van der Waals surface area contributed by atoms with E-state index in [0.29, 0.717) is 0 Å². The molecule has 1 N–H and O–H groups in total. The zero-order valence-electron chi connectivity index (χ0n) is 16.5.